The Balaban J connectivity index is 0.00000392. The Morgan fingerprint density at radius 2 is 1.79 bits per heavy atom. The van der Waals surface area contributed by atoms with Gasteiger partial charge in [-0.05, 0) is 48.9 Å². The maximum absolute atomic E-state index is 12.0. The molecule has 0 aromatic heterocycles. The van der Waals surface area contributed by atoms with E-state index in [2.05, 4.69) is 20.9 Å². The Morgan fingerprint density at radius 1 is 1.07 bits per heavy atom. The van der Waals surface area contributed by atoms with E-state index in [1.807, 2.05) is 31.2 Å². The van der Waals surface area contributed by atoms with E-state index in [4.69, 9.17) is 4.74 Å². The largest absolute Gasteiger partial charge is 0.508 e. The molecule has 28 heavy (non-hydrogen) atoms. The summed E-state index contributed by atoms with van der Waals surface area (Å²) in [7, 11) is 1.64. The van der Waals surface area contributed by atoms with Crippen LogP contribution >= 0.6 is 24.0 Å². The topological polar surface area (TPSA) is 95.0 Å². The van der Waals surface area contributed by atoms with Crippen LogP contribution in [0.25, 0.3) is 0 Å². The molecule has 2 aromatic carbocycles. The number of carbonyl (C=O) groups is 1. The Labute approximate surface area is 182 Å². The summed E-state index contributed by atoms with van der Waals surface area (Å²) in [5, 5.41) is 18.4. The number of hydrogen-bond acceptors (Lipinski definition) is 4. The molecule has 2 aromatic rings. The summed E-state index contributed by atoms with van der Waals surface area (Å²) in [6, 6.07) is 13.9. The predicted octanol–water partition coefficient (Wildman–Crippen LogP) is 2.50. The van der Waals surface area contributed by atoms with Crippen LogP contribution in [0.5, 0.6) is 11.5 Å². The number of phenolic OH excluding ortho intramolecular Hbond substituents is 1. The van der Waals surface area contributed by atoms with Gasteiger partial charge in [0.05, 0.1) is 13.7 Å². The van der Waals surface area contributed by atoms with Gasteiger partial charge >= 0.3 is 0 Å². The Kier molecular flexibility index (Phi) is 10.8. The van der Waals surface area contributed by atoms with Crippen molar-refractivity contribution in [2.24, 2.45) is 4.99 Å². The van der Waals surface area contributed by atoms with E-state index in [1.165, 1.54) is 12.1 Å². The molecular weight excluding hydrogens is 471 g/mol. The standard InChI is InChI=1S/C20H26N4O3.HI/c1-3-21-20(24-14-15-5-4-6-18(13-15)27-2)23-12-11-22-19(26)16-7-9-17(25)10-8-16;/h4-10,13,25H,3,11-12,14H2,1-2H3,(H,22,26)(H2,21,23,24);1H. The van der Waals surface area contributed by atoms with Crippen LogP contribution in [0.15, 0.2) is 53.5 Å². The number of aliphatic imine (C=N–C) groups is 1. The smallest absolute Gasteiger partial charge is 0.251 e. The number of ether oxygens (including phenoxy) is 1. The van der Waals surface area contributed by atoms with E-state index in [1.54, 1.807) is 19.2 Å². The molecule has 7 nitrogen and oxygen atoms in total. The average Bonchev–Trinajstić information content (AvgIpc) is 2.69. The molecule has 2 rings (SSSR count). The van der Waals surface area contributed by atoms with Crippen LogP contribution in [0, 0.1) is 0 Å². The highest BCUT2D eigenvalue weighted by Gasteiger charge is 2.04. The van der Waals surface area contributed by atoms with Crippen LogP contribution in [0.4, 0.5) is 0 Å². The van der Waals surface area contributed by atoms with Crippen LogP contribution in [0.1, 0.15) is 22.8 Å². The summed E-state index contributed by atoms with van der Waals surface area (Å²) < 4.78 is 5.22. The maximum atomic E-state index is 12.0. The third-order valence-electron chi connectivity index (χ3n) is 3.73. The van der Waals surface area contributed by atoms with E-state index in [-0.39, 0.29) is 35.6 Å². The number of phenols is 1. The molecule has 0 aliphatic heterocycles. The van der Waals surface area contributed by atoms with Gasteiger partial charge in [-0.1, -0.05) is 12.1 Å². The van der Waals surface area contributed by atoms with Crippen molar-refractivity contribution in [3.63, 3.8) is 0 Å². The van der Waals surface area contributed by atoms with Gasteiger partial charge in [0, 0.05) is 25.2 Å². The zero-order chi connectivity index (χ0) is 19.5. The van der Waals surface area contributed by atoms with Crippen molar-refractivity contribution in [1.29, 1.82) is 0 Å². The summed E-state index contributed by atoms with van der Waals surface area (Å²) >= 11 is 0. The van der Waals surface area contributed by atoms with E-state index in [9.17, 15) is 9.90 Å². The summed E-state index contributed by atoms with van der Waals surface area (Å²) in [4.78, 5) is 16.6. The van der Waals surface area contributed by atoms with Gasteiger partial charge < -0.3 is 25.8 Å². The highest BCUT2D eigenvalue weighted by molar-refractivity contribution is 14.0. The van der Waals surface area contributed by atoms with E-state index < -0.39 is 0 Å². The van der Waals surface area contributed by atoms with Crippen LogP contribution in [-0.4, -0.2) is 43.7 Å². The molecule has 0 unspecified atom stereocenters. The van der Waals surface area contributed by atoms with Gasteiger partial charge in [0.25, 0.3) is 5.91 Å². The molecular formula is C20H27IN4O3. The van der Waals surface area contributed by atoms with Crippen molar-refractivity contribution in [3.05, 3.63) is 59.7 Å². The molecule has 0 spiro atoms. The van der Waals surface area contributed by atoms with E-state index in [0.717, 1.165) is 17.9 Å². The first-order chi connectivity index (χ1) is 13.1. The van der Waals surface area contributed by atoms with Crippen molar-refractivity contribution < 1.29 is 14.6 Å². The molecule has 0 aliphatic rings. The highest BCUT2D eigenvalue weighted by Crippen LogP contribution is 2.13. The molecule has 0 saturated heterocycles. The summed E-state index contributed by atoms with van der Waals surface area (Å²) in [5.41, 5.74) is 1.55. The first kappa shape index (κ1) is 23.5. The number of rotatable bonds is 8. The molecule has 0 saturated carbocycles. The van der Waals surface area contributed by atoms with Crippen molar-refractivity contribution in [2.45, 2.75) is 13.5 Å². The second-order valence-electron chi connectivity index (χ2n) is 5.78. The van der Waals surface area contributed by atoms with Crippen molar-refractivity contribution >= 4 is 35.8 Å². The fraction of sp³-hybridized carbons (Fsp3) is 0.300. The molecule has 0 atom stereocenters. The number of hydrogen-bond donors (Lipinski definition) is 4. The molecule has 152 valence electrons. The van der Waals surface area contributed by atoms with Gasteiger partial charge in [0.15, 0.2) is 5.96 Å². The van der Waals surface area contributed by atoms with Crippen molar-refractivity contribution in [3.8, 4) is 11.5 Å². The number of guanidine groups is 1. The molecule has 8 heteroatoms. The Bertz CT molecular complexity index is 766. The van der Waals surface area contributed by atoms with Crippen LogP contribution in [0.2, 0.25) is 0 Å². The lowest BCUT2D eigenvalue weighted by molar-refractivity contribution is 0.0954. The Morgan fingerprint density at radius 3 is 2.46 bits per heavy atom. The molecule has 0 fully saturated rings. The van der Waals surface area contributed by atoms with E-state index in [0.29, 0.717) is 31.2 Å². The minimum absolute atomic E-state index is 0. The zero-order valence-electron chi connectivity index (χ0n) is 16.1. The number of methoxy groups -OCH3 is 1. The van der Waals surface area contributed by atoms with Gasteiger partial charge in [0.1, 0.15) is 11.5 Å². The number of amides is 1. The lowest BCUT2D eigenvalue weighted by Crippen LogP contribution is -2.41. The zero-order valence-corrected chi connectivity index (χ0v) is 18.4. The molecule has 0 bridgehead atoms. The first-order valence-electron chi connectivity index (χ1n) is 8.84. The van der Waals surface area contributed by atoms with E-state index >= 15 is 0 Å². The molecule has 4 N–H and O–H groups in total. The SMILES string of the molecule is CCNC(=NCc1cccc(OC)c1)NCCNC(=O)c1ccc(O)cc1.I. The quantitative estimate of drug-likeness (QED) is 0.194. The van der Waals surface area contributed by atoms with Gasteiger partial charge in [-0.3, -0.25) is 4.79 Å². The summed E-state index contributed by atoms with van der Waals surface area (Å²) in [6.07, 6.45) is 0. The molecule has 0 heterocycles. The Hall–Kier alpha value is -2.49. The average molecular weight is 498 g/mol. The molecule has 1 amide bonds. The summed E-state index contributed by atoms with van der Waals surface area (Å²) in [6.45, 7) is 4.24. The molecule has 0 aliphatic carbocycles. The number of aromatic hydroxyl groups is 1. The summed E-state index contributed by atoms with van der Waals surface area (Å²) in [5.74, 6) is 1.43. The second kappa shape index (κ2) is 12.8. The third-order valence-corrected chi connectivity index (χ3v) is 3.73. The lowest BCUT2D eigenvalue weighted by Gasteiger charge is -2.12. The van der Waals surface area contributed by atoms with Crippen LogP contribution < -0.4 is 20.7 Å². The maximum Gasteiger partial charge on any atom is 0.251 e. The molecule has 0 radical (unpaired) electrons. The van der Waals surface area contributed by atoms with Crippen molar-refractivity contribution in [1.82, 2.24) is 16.0 Å². The number of nitrogens with one attached hydrogen (secondary N) is 3. The van der Waals surface area contributed by atoms with Crippen LogP contribution in [0.3, 0.4) is 0 Å². The number of nitrogens with zero attached hydrogens (tertiary/aromatic N) is 1. The van der Waals surface area contributed by atoms with Gasteiger partial charge in [-0.2, -0.15) is 0 Å². The van der Waals surface area contributed by atoms with Gasteiger partial charge in [-0.25, -0.2) is 4.99 Å². The van der Waals surface area contributed by atoms with Crippen LogP contribution in [-0.2, 0) is 6.54 Å². The third kappa shape index (κ3) is 8.03. The number of carbonyl (C=O) groups excluding carboxylic acids is 1. The normalized spacial score (nSPS) is 10.6. The fourth-order valence-corrected chi connectivity index (χ4v) is 2.35. The monoisotopic (exact) mass is 498 g/mol. The first-order valence-corrected chi connectivity index (χ1v) is 8.84. The minimum atomic E-state index is -0.185. The van der Waals surface area contributed by atoms with Crippen molar-refractivity contribution in [2.75, 3.05) is 26.7 Å². The second-order valence-corrected chi connectivity index (χ2v) is 5.78. The number of halogens is 1. The fourth-order valence-electron chi connectivity index (χ4n) is 2.35. The predicted molar refractivity (Wildman–Crippen MR) is 122 cm³/mol. The highest BCUT2D eigenvalue weighted by atomic mass is 127. The number of benzene rings is 2. The minimum Gasteiger partial charge on any atom is -0.508 e. The van der Waals surface area contributed by atoms with Gasteiger partial charge in [0.2, 0.25) is 0 Å². The van der Waals surface area contributed by atoms with Gasteiger partial charge in [-0.15, -0.1) is 24.0 Å². The lowest BCUT2D eigenvalue weighted by atomic mass is 10.2.